The third kappa shape index (κ3) is 10.5. The van der Waals surface area contributed by atoms with E-state index in [1.807, 2.05) is 0 Å². The van der Waals surface area contributed by atoms with Crippen molar-refractivity contribution in [1.29, 1.82) is 0 Å². The summed E-state index contributed by atoms with van der Waals surface area (Å²) in [7, 11) is 1.36. The largest absolute Gasteiger partial charge is 0.469 e. The lowest BCUT2D eigenvalue weighted by Gasteiger charge is -2.42. The van der Waals surface area contributed by atoms with Crippen LogP contribution in [0.2, 0.25) is 0 Å². The van der Waals surface area contributed by atoms with Crippen molar-refractivity contribution in [3.05, 3.63) is 23.8 Å². The van der Waals surface area contributed by atoms with Gasteiger partial charge < -0.3 is 44.3 Å². The highest BCUT2D eigenvalue weighted by Gasteiger charge is 2.45. The van der Waals surface area contributed by atoms with Gasteiger partial charge in [0.05, 0.1) is 13.7 Å². The molecule has 4 N–H and O–H groups in total. The van der Waals surface area contributed by atoms with Crippen LogP contribution in [0.25, 0.3) is 0 Å². The first-order chi connectivity index (χ1) is 19.1. The molecule has 224 valence electrons. The molecule has 3 unspecified atom stereocenters. The van der Waals surface area contributed by atoms with Crippen molar-refractivity contribution in [1.82, 2.24) is 5.32 Å². The Bertz CT molecular complexity index is 1000. The number of ether oxygens (including phenoxy) is 5. The standard InChI is InChI=1S/C27H39NO12/c1-16(30)38-19-12-11-18(14-20(19)39-17(2)31)26(35)28-23-25(34)24(33)21(15-29)40-27(23)37-13-9-7-5-4-6-8-10-22(32)36-3/h11-12,14,21,23-25,27,29,33-34H,4-10,13,15H2,1-3H3,(H,28,35)/t21?,23?,24-,25?,27+/m0/s1. The minimum Gasteiger partial charge on any atom is -0.469 e. The molecule has 1 aliphatic heterocycles. The van der Waals surface area contributed by atoms with Crippen molar-refractivity contribution in [3.63, 3.8) is 0 Å². The van der Waals surface area contributed by atoms with E-state index in [2.05, 4.69) is 10.1 Å². The first-order valence-corrected chi connectivity index (χ1v) is 13.2. The quantitative estimate of drug-likeness (QED) is 0.133. The first-order valence-electron chi connectivity index (χ1n) is 13.2. The van der Waals surface area contributed by atoms with Crippen molar-refractivity contribution in [2.75, 3.05) is 20.3 Å². The number of amides is 1. The molecular weight excluding hydrogens is 530 g/mol. The highest BCUT2D eigenvalue weighted by Crippen LogP contribution is 2.29. The van der Waals surface area contributed by atoms with E-state index in [-0.39, 0.29) is 29.6 Å². The summed E-state index contributed by atoms with van der Waals surface area (Å²) >= 11 is 0. The lowest BCUT2D eigenvalue weighted by atomic mass is 9.96. The van der Waals surface area contributed by atoms with Crippen molar-refractivity contribution < 1.29 is 58.2 Å². The maximum atomic E-state index is 13.1. The number of unbranched alkanes of at least 4 members (excludes halogenated alkanes) is 5. The van der Waals surface area contributed by atoms with E-state index in [1.165, 1.54) is 32.2 Å². The van der Waals surface area contributed by atoms with Gasteiger partial charge in [0.2, 0.25) is 0 Å². The molecule has 1 aromatic carbocycles. The summed E-state index contributed by atoms with van der Waals surface area (Å²) in [5, 5.41) is 33.2. The van der Waals surface area contributed by atoms with E-state index in [0.29, 0.717) is 12.8 Å². The number of benzene rings is 1. The molecule has 0 spiro atoms. The Hall–Kier alpha value is -3.10. The molecular formula is C27H39NO12. The molecule has 0 aliphatic carbocycles. The summed E-state index contributed by atoms with van der Waals surface area (Å²) in [6.07, 6.45) is 0.0991. The fraction of sp³-hybridized carbons (Fsp3) is 0.630. The smallest absolute Gasteiger partial charge is 0.308 e. The number of aliphatic hydroxyl groups is 3. The second-order valence-electron chi connectivity index (χ2n) is 9.37. The molecule has 2 rings (SSSR count). The average molecular weight is 570 g/mol. The molecule has 1 aliphatic rings. The van der Waals surface area contributed by atoms with Gasteiger partial charge >= 0.3 is 17.9 Å². The van der Waals surface area contributed by atoms with Gasteiger partial charge in [0, 0.05) is 32.4 Å². The van der Waals surface area contributed by atoms with Crippen molar-refractivity contribution in [2.24, 2.45) is 0 Å². The van der Waals surface area contributed by atoms with Crippen molar-refractivity contribution in [3.8, 4) is 11.5 Å². The molecule has 40 heavy (non-hydrogen) atoms. The first kappa shape index (κ1) is 33.1. The molecule has 1 saturated heterocycles. The molecule has 0 radical (unpaired) electrons. The van der Waals surface area contributed by atoms with Crippen LogP contribution in [0.3, 0.4) is 0 Å². The van der Waals surface area contributed by atoms with Crippen LogP contribution in [0.1, 0.15) is 69.2 Å². The van der Waals surface area contributed by atoms with Crippen LogP contribution in [-0.2, 0) is 28.6 Å². The molecule has 5 atom stereocenters. The van der Waals surface area contributed by atoms with Gasteiger partial charge in [-0.2, -0.15) is 0 Å². The molecule has 0 saturated carbocycles. The van der Waals surface area contributed by atoms with Gasteiger partial charge in [0.1, 0.15) is 24.4 Å². The van der Waals surface area contributed by atoms with Gasteiger partial charge in [-0.1, -0.05) is 25.7 Å². The molecule has 1 fully saturated rings. The van der Waals surface area contributed by atoms with Crippen LogP contribution in [0.15, 0.2) is 18.2 Å². The zero-order chi connectivity index (χ0) is 29.7. The van der Waals surface area contributed by atoms with Gasteiger partial charge in [0.25, 0.3) is 5.91 Å². The van der Waals surface area contributed by atoms with Crippen molar-refractivity contribution in [2.45, 2.75) is 89.4 Å². The maximum absolute atomic E-state index is 13.1. The fourth-order valence-electron chi connectivity index (χ4n) is 4.12. The van der Waals surface area contributed by atoms with E-state index in [1.54, 1.807) is 0 Å². The van der Waals surface area contributed by atoms with E-state index in [9.17, 15) is 34.5 Å². The molecule has 13 heteroatoms. The molecule has 1 amide bonds. The third-order valence-electron chi connectivity index (χ3n) is 6.18. The zero-order valence-electron chi connectivity index (χ0n) is 23.0. The SMILES string of the molecule is COC(=O)CCCCCCCCO[C@@H]1OC(CO)[C@H](O)C(O)C1NC(=O)c1ccc(OC(C)=O)c(OC(C)=O)c1. The van der Waals surface area contributed by atoms with Crippen LogP contribution in [0.5, 0.6) is 11.5 Å². The third-order valence-corrected chi connectivity index (χ3v) is 6.18. The molecule has 1 heterocycles. The molecule has 1 aromatic rings. The number of hydrogen-bond donors (Lipinski definition) is 4. The number of nitrogens with one attached hydrogen (secondary N) is 1. The summed E-state index contributed by atoms with van der Waals surface area (Å²) in [4.78, 5) is 47.0. The van der Waals surface area contributed by atoms with Crippen LogP contribution in [0.4, 0.5) is 0 Å². The lowest BCUT2D eigenvalue weighted by Crippen LogP contribution is -2.64. The minimum atomic E-state index is -1.53. The minimum absolute atomic E-state index is 0.00377. The Morgan fingerprint density at radius 3 is 2.15 bits per heavy atom. The normalized spacial score (nSPS) is 22.3. The number of hydrogen-bond acceptors (Lipinski definition) is 12. The van der Waals surface area contributed by atoms with Gasteiger partial charge in [-0.05, 0) is 31.0 Å². The number of rotatable bonds is 15. The Kier molecular flexibility index (Phi) is 14.0. The van der Waals surface area contributed by atoms with Gasteiger partial charge in [-0.15, -0.1) is 0 Å². The number of aliphatic hydroxyl groups excluding tert-OH is 3. The van der Waals surface area contributed by atoms with Crippen LogP contribution in [0, 0.1) is 0 Å². The number of methoxy groups -OCH3 is 1. The number of carbonyl (C=O) groups excluding carboxylic acids is 4. The lowest BCUT2D eigenvalue weighted by molar-refractivity contribution is -0.269. The van der Waals surface area contributed by atoms with Crippen molar-refractivity contribution >= 4 is 23.8 Å². The Morgan fingerprint density at radius 1 is 0.900 bits per heavy atom. The van der Waals surface area contributed by atoms with Gasteiger partial charge in [-0.3, -0.25) is 19.2 Å². The number of carbonyl (C=O) groups is 4. The number of esters is 3. The van der Waals surface area contributed by atoms with E-state index in [4.69, 9.17) is 18.9 Å². The predicted molar refractivity (Wildman–Crippen MR) is 138 cm³/mol. The molecule has 0 bridgehead atoms. The van der Waals surface area contributed by atoms with Crippen LogP contribution >= 0.6 is 0 Å². The van der Waals surface area contributed by atoms with Gasteiger partial charge in [-0.25, -0.2) is 0 Å². The highest BCUT2D eigenvalue weighted by atomic mass is 16.7. The monoisotopic (exact) mass is 569 g/mol. The van der Waals surface area contributed by atoms with Crippen LogP contribution in [-0.4, -0.2) is 90.1 Å². The Balaban J connectivity index is 2.00. The zero-order valence-corrected chi connectivity index (χ0v) is 23.0. The van der Waals surface area contributed by atoms with E-state index in [0.717, 1.165) is 39.0 Å². The average Bonchev–Trinajstić information content (AvgIpc) is 2.91. The topological polar surface area (TPSA) is 187 Å². The summed E-state index contributed by atoms with van der Waals surface area (Å²) in [5.74, 6) is -2.51. The second-order valence-corrected chi connectivity index (χ2v) is 9.37. The summed E-state index contributed by atoms with van der Waals surface area (Å²) < 4.78 is 26.1. The Morgan fingerprint density at radius 2 is 1.52 bits per heavy atom. The predicted octanol–water partition coefficient (Wildman–Crippen LogP) is 0.995. The van der Waals surface area contributed by atoms with E-state index < -0.39 is 55.1 Å². The fourth-order valence-corrected chi connectivity index (χ4v) is 4.12. The maximum Gasteiger partial charge on any atom is 0.308 e. The highest BCUT2D eigenvalue weighted by molar-refractivity contribution is 5.95. The molecule has 13 nitrogen and oxygen atoms in total. The second kappa shape index (κ2) is 16.9. The summed E-state index contributed by atoms with van der Waals surface area (Å²) in [6, 6.07) is 2.60. The van der Waals surface area contributed by atoms with Gasteiger partial charge in [0.15, 0.2) is 17.8 Å². The molecule has 0 aromatic heterocycles. The van der Waals surface area contributed by atoms with E-state index >= 15 is 0 Å². The summed E-state index contributed by atoms with van der Waals surface area (Å²) in [6.45, 7) is 1.97. The summed E-state index contributed by atoms with van der Waals surface area (Å²) in [5.41, 5.74) is 0.00377. The Labute approximate surface area is 232 Å². The van der Waals surface area contributed by atoms with Crippen LogP contribution < -0.4 is 14.8 Å².